The number of carbonyl (C=O) groups is 2. The summed E-state index contributed by atoms with van der Waals surface area (Å²) in [5.74, 6) is -1.57. The molecule has 160 valence electrons. The van der Waals surface area contributed by atoms with E-state index in [9.17, 15) is 9.59 Å². The van der Waals surface area contributed by atoms with E-state index in [0.717, 1.165) is 47.3 Å². The van der Waals surface area contributed by atoms with Crippen molar-refractivity contribution in [3.05, 3.63) is 75.3 Å². The van der Waals surface area contributed by atoms with Crippen LogP contribution in [0, 0.1) is 0 Å². The Hall–Kier alpha value is -2.54. The summed E-state index contributed by atoms with van der Waals surface area (Å²) in [4.78, 5) is 21.4. The van der Waals surface area contributed by atoms with Gasteiger partial charge in [0.15, 0.2) is 0 Å². The summed E-state index contributed by atoms with van der Waals surface area (Å²) >= 11 is 12.3. The maximum absolute atomic E-state index is 9.55. The van der Waals surface area contributed by atoms with Gasteiger partial charge in [0, 0.05) is 40.9 Å². The molecule has 0 radical (unpaired) electrons. The molecular formula is C22H23Cl2NO5. The second kappa shape index (κ2) is 11.6. The molecule has 0 saturated carbocycles. The molecule has 0 aliphatic carbocycles. The number of carboxylic acids is 2. The van der Waals surface area contributed by atoms with Crippen molar-refractivity contribution in [3.8, 4) is 5.75 Å². The van der Waals surface area contributed by atoms with E-state index in [0.29, 0.717) is 18.8 Å². The van der Waals surface area contributed by atoms with Gasteiger partial charge in [0.1, 0.15) is 12.4 Å². The van der Waals surface area contributed by atoms with Crippen LogP contribution in [0.25, 0.3) is 0 Å². The van der Waals surface area contributed by atoms with Crippen LogP contribution in [-0.2, 0) is 29.0 Å². The van der Waals surface area contributed by atoms with E-state index in [-0.39, 0.29) is 0 Å². The third-order valence-corrected chi connectivity index (χ3v) is 5.10. The lowest BCUT2D eigenvalue weighted by molar-refractivity contribution is -0.134. The highest BCUT2D eigenvalue weighted by atomic mass is 35.5. The molecule has 2 aromatic rings. The summed E-state index contributed by atoms with van der Waals surface area (Å²) in [6.45, 7) is 2.61. The third kappa shape index (κ3) is 7.71. The molecule has 0 saturated heterocycles. The number of aliphatic carboxylic acids is 2. The number of fused-ring (bicyclic) bond motifs is 1. The van der Waals surface area contributed by atoms with Crippen molar-refractivity contribution in [3.63, 3.8) is 0 Å². The zero-order valence-electron chi connectivity index (χ0n) is 16.5. The predicted octanol–water partition coefficient (Wildman–Crippen LogP) is 4.31. The lowest BCUT2D eigenvalue weighted by atomic mass is 10.0. The first-order chi connectivity index (χ1) is 14.3. The van der Waals surface area contributed by atoms with E-state index >= 15 is 0 Å². The molecular weight excluding hydrogens is 429 g/mol. The van der Waals surface area contributed by atoms with Gasteiger partial charge in [-0.3, -0.25) is 0 Å². The van der Waals surface area contributed by atoms with Gasteiger partial charge in [-0.15, -0.1) is 0 Å². The molecule has 30 heavy (non-hydrogen) atoms. The Balaban J connectivity index is 0.000000343. The standard InChI is InChI=1S/C18H19Cl2NO.C4H4O4/c1-21-10-8-15-16(9-11-21)18(7-6-17(15)20)22-12-13-2-4-14(19)5-3-13;5-3(6)1-2-4(7)8/h2-7H,8-12H2,1H3;1-2H,(H,5,6)(H,7,8)/b;2-1-. The second-order valence-electron chi connectivity index (χ2n) is 6.73. The minimum Gasteiger partial charge on any atom is -0.489 e. The fraction of sp³-hybridized carbons (Fsp3) is 0.273. The van der Waals surface area contributed by atoms with Gasteiger partial charge in [-0.05, 0) is 55.3 Å². The van der Waals surface area contributed by atoms with Crippen LogP contribution in [-0.4, -0.2) is 47.2 Å². The van der Waals surface area contributed by atoms with Crippen LogP contribution in [0.4, 0.5) is 0 Å². The van der Waals surface area contributed by atoms with Crippen LogP contribution in [0.15, 0.2) is 48.6 Å². The van der Waals surface area contributed by atoms with Crippen molar-refractivity contribution < 1.29 is 24.5 Å². The lowest BCUT2D eigenvalue weighted by Gasteiger charge is -2.15. The molecule has 0 fully saturated rings. The summed E-state index contributed by atoms with van der Waals surface area (Å²) < 4.78 is 6.06. The molecule has 1 heterocycles. The number of hydrogen-bond donors (Lipinski definition) is 2. The molecule has 2 N–H and O–H groups in total. The lowest BCUT2D eigenvalue weighted by Crippen LogP contribution is -2.20. The molecule has 6 nitrogen and oxygen atoms in total. The monoisotopic (exact) mass is 451 g/mol. The van der Waals surface area contributed by atoms with Gasteiger partial charge in [0.2, 0.25) is 0 Å². The van der Waals surface area contributed by atoms with Gasteiger partial charge in [-0.2, -0.15) is 0 Å². The Bertz CT molecular complexity index is 896. The molecule has 0 spiro atoms. The fourth-order valence-electron chi connectivity index (χ4n) is 2.92. The molecule has 8 heteroatoms. The van der Waals surface area contributed by atoms with E-state index in [4.69, 9.17) is 38.2 Å². The van der Waals surface area contributed by atoms with E-state index < -0.39 is 11.9 Å². The zero-order chi connectivity index (χ0) is 22.1. The summed E-state index contributed by atoms with van der Waals surface area (Å²) in [5, 5.41) is 17.2. The van der Waals surface area contributed by atoms with E-state index in [2.05, 4.69) is 11.9 Å². The Morgan fingerprint density at radius 1 is 0.967 bits per heavy atom. The number of halogens is 2. The highest BCUT2D eigenvalue weighted by Crippen LogP contribution is 2.32. The van der Waals surface area contributed by atoms with Crippen LogP contribution in [0.2, 0.25) is 10.0 Å². The first kappa shape index (κ1) is 23.7. The smallest absolute Gasteiger partial charge is 0.328 e. The average Bonchev–Trinajstić information content (AvgIpc) is 2.90. The number of carboxylic acid groups (broad SMARTS) is 2. The summed E-state index contributed by atoms with van der Waals surface area (Å²) in [7, 11) is 2.15. The fourth-order valence-corrected chi connectivity index (χ4v) is 3.32. The number of rotatable bonds is 5. The molecule has 2 aromatic carbocycles. The predicted molar refractivity (Wildman–Crippen MR) is 117 cm³/mol. The molecule has 0 unspecified atom stereocenters. The molecule has 0 amide bonds. The normalized spacial score (nSPS) is 13.7. The van der Waals surface area contributed by atoms with E-state index in [1.54, 1.807) is 0 Å². The first-order valence-corrected chi connectivity index (χ1v) is 10.0. The minimum atomic E-state index is -1.26. The van der Waals surface area contributed by atoms with Crippen LogP contribution in [0.1, 0.15) is 16.7 Å². The number of likely N-dealkylation sites (N-methyl/N-ethyl adjacent to an activating group) is 1. The largest absolute Gasteiger partial charge is 0.489 e. The Kier molecular flexibility index (Phi) is 9.17. The van der Waals surface area contributed by atoms with Gasteiger partial charge in [0.05, 0.1) is 0 Å². The maximum Gasteiger partial charge on any atom is 0.328 e. The summed E-state index contributed by atoms with van der Waals surface area (Å²) in [6, 6.07) is 11.7. The molecule has 3 rings (SSSR count). The quantitative estimate of drug-likeness (QED) is 0.658. The average molecular weight is 452 g/mol. The molecule has 1 aliphatic heterocycles. The van der Waals surface area contributed by atoms with Crippen LogP contribution in [0.3, 0.4) is 0 Å². The molecule has 0 bridgehead atoms. The van der Waals surface area contributed by atoms with Gasteiger partial charge < -0.3 is 19.8 Å². The minimum absolute atomic E-state index is 0.543. The van der Waals surface area contributed by atoms with Gasteiger partial charge >= 0.3 is 11.9 Å². The summed E-state index contributed by atoms with van der Waals surface area (Å²) in [5.41, 5.74) is 3.60. The van der Waals surface area contributed by atoms with E-state index in [1.807, 2.05) is 36.4 Å². The molecule has 1 aliphatic rings. The molecule has 0 atom stereocenters. The van der Waals surface area contributed by atoms with Crippen molar-refractivity contribution in [2.24, 2.45) is 0 Å². The number of nitrogens with zero attached hydrogens (tertiary/aromatic N) is 1. The van der Waals surface area contributed by atoms with Crippen molar-refractivity contribution in [2.75, 3.05) is 20.1 Å². The number of benzene rings is 2. The summed E-state index contributed by atoms with van der Waals surface area (Å²) in [6.07, 6.45) is 3.07. The highest BCUT2D eigenvalue weighted by molar-refractivity contribution is 6.31. The van der Waals surface area contributed by atoms with Gasteiger partial charge in [0.25, 0.3) is 0 Å². The Labute approximate surface area is 185 Å². The topological polar surface area (TPSA) is 87.1 Å². The number of ether oxygens (including phenoxy) is 1. The SMILES string of the molecule is CN1CCc2c(Cl)ccc(OCc3ccc(Cl)cc3)c2CC1.O=C(O)/C=C\C(=O)O. The maximum atomic E-state index is 9.55. The van der Waals surface area contributed by atoms with Crippen molar-refractivity contribution in [1.29, 1.82) is 0 Å². The second-order valence-corrected chi connectivity index (χ2v) is 7.57. The zero-order valence-corrected chi connectivity index (χ0v) is 18.0. The van der Waals surface area contributed by atoms with E-state index in [1.165, 1.54) is 11.1 Å². The van der Waals surface area contributed by atoms with Crippen LogP contribution < -0.4 is 4.74 Å². The Morgan fingerprint density at radius 2 is 1.53 bits per heavy atom. The Morgan fingerprint density at radius 3 is 2.10 bits per heavy atom. The van der Waals surface area contributed by atoms with Gasteiger partial charge in [-0.1, -0.05) is 35.3 Å². The van der Waals surface area contributed by atoms with Crippen LogP contribution in [0.5, 0.6) is 5.75 Å². The van der Waals surface area contributed by atoms with Crippen molar-refractivity contribution >= 4 is 35.1 Å². The van der Waals surface area contributed by atoms with Crippen LogP contribution >= 0.6 is 23.2 Å². The third-order valence-electron chi connectivity index (χ3n) is 4.49. The van der Waals surface area contributed by atoms with Crippen molar-refractivity contribution in [2.45, 2.75) is 19.4 Å². The molecule has 0 aromatic heterocycles. The van der Waals surface area contributed by atoms with Gasteiger partial charge in [-0.25, -0.2) is 9.59 Å². The van der Waals surface area contributed by atoms with Crippen molar-refractivity contribution in [1.82, 2.24) is 4.90 Å². The first-order valence-electron chi connectivity index (χ1n) is 9.26. The highest BCUT2D eigenvalue weighted by Gasteiger charge is 2.18. The number of hydrogen-bond acceptors (Lipinski definition) is 4.